The topological polar surface area (TPSA) is 152 Å². The lowest BCUT2D eigenvalue weighted by Crippen LogP contribution is -2.50. The summed E-state index contributed by atoms with van der Waals surface area (Å²) in [6.45, 7) is 3.05. The molecule has 1 saturated heterocycles. The summed E-state index contributed by atoms with van der Waals surface area (Å²) in [5.41, 5.74) is 0.334. The highest BCUT2D eigenvalue weighted by atomic mass is 32.2. The second-order valence-electron chi connectivity index (χ2n) is 9.14. The predicted octanol–water partition coefficient (Wildman–Crippen LogP) is 1.24. The van der Waals surface area contributed by atoms with E-state index in [1.807, 2.05) is 4.90 Å². The van der Waals surface area contributed by atoms with Gasteiger partial charge >= 0.3 is 5.97 Å². The second kappa shape index (κ2) is 12.2. The maximum Gasteiger partial charge on any atom is 0.306 e. The van der Waals surface area contributed by atoms with E-state index in [1.165, 1.54) is 36.4 Å². The second-order valence-corrected chi connectivity index (χ2v) is 10.9. The lowest BCUT2D eigenvalue weighted by atomic mass is 10.0. The van der Waals surface area contributed by atoms with Crippen molar-refractivity contribution in [2.75, 3.05) is 31.1 Å². The van der Waals surface area contributed by atoms with Gasteiger partial charge in [-0.15, -0.1) is 0 Å². The predicted molar refractivity (Wildman–Crippen MR) is 140 cm³/mol. The van der Waals surface area contributed by atoms with Crippen LogP contribution < -0.4 is 25.6 Å². The summed E-state index contributed by atoms with van der Waals surface area (Å²) in [6, 6.07) is 11.7. The molecule has 204 valence electrons. The van der Waals surface area contributed by atoms with Gasteiger partial charge in [0.1, 0.15) is 12.0 Å². The first kappa shape index (κ1) is 27.3. The number of rotatable bonds is 9. The van der Waals surface area contributed by atoms with Crippen LogP contribution in [0.4, 0.5) is 10.1 Å². The zero-order valence-electron chi connectivity index (χ0n) is 20.7. The smallest absolute Gasteiger partial charge is 0.306 e. The Morgan fingerprint density at radius 2 is 1.89 bits per heavy atom. The number of sulfonamides is 1. The van der Waals surface area contributed by atoms with Crippen LogP contribution in [0.3, 0.4) is 0 Å². The van der Waals surface area contributed by atoms with Crippen LogP contribution in [0.25, 0.3) is 0 Å². The number of hydrogen-bond donors (Lipinski definition) is 5. The van der Waals surface area contributed by atoms with Crippen molar-refractivity contribution in [3.05, 3.63) is 59.9 Å². The molecule has 1 unspecified atom stereocenters. The van der Waals surface area contributed by atoms with E-state index in [-0.39, 0.29) is 16.5 Å². The molecule has 0 radical (unpaired) electrons. The van der Waals surface area contributed by atoms with Crippen LogP contribution in [0.1, 0.15) is 36.0 Å². The minimum atomic E-state index is -4.13. The van der Waals surface area contributed by atoms with Crippen LogP contribution in [0.2, 0.25) is 0 Å². The monoisotopic (exact) mass is 546 g/mol. The Balaban J connectivity index is 1.42. The van der Waals surface area contributed by atoms with Crippen molar-refractivity contribution in [1.29, 1.82) is 0 Å². The lowest BCUT2D eigenvalue weighted by molar-refractivity contribution is -0.137. The van der Waals surface area contributed by atoms with Gasteiger partial charge in [0, 0.05) is 37.9 Å². The number of amides is 1. The lowest BCUT2D eigenvalue weighted by Gasteiger charge is -2.35. The van der Waals surface area contributed by atoms with Crippen LogP contribution in [0.5, 0.6) is 0 Å². The Labute approximate surface area is 220 Å². The van der Waals surface area contributed by atoms with Gasteiger partial charge in [0.25, 0.3) is 5.91 Å². The number of anilines is 1. The number of guanidine groups is 1. The standard InChI is InChI=1S/C25H31FN6O5S/c26-21-8-7-18(32-13-9-17(10-14-32)29-25-27-11-4-12-28-25)15-20(21)24(35)30-22(16-23(33)34)31-38(36,37)19-5-2-1-3-6-19/h1-3,5-8,15,17,22,31H,4,9-14,16H2,(H,30,35)(H,33,34)(H2,27,28,29). The Kier molecular flexibility index (Phi) is 8.79. The fourth-order valence-electron chi connectivity index (χ4n) is 4.38. The van der Waals surface area contributed by atoms with E-state index in [1.54, 1.807) is 12.1 Å². The first-order valence-electron chi connectivity index (χ1n) is 12.4. The number of carbonyl (C=O) groups excluding carboxylic acids is 1. The largest absolute Gasteiger partial charge is 0.481 e. The van der Waals surface area contributed by atoms with Gasteiger partial charge in [-0.2, -0.15) is 4.72 Å². The Morgan fingerprint density at radius 1 is 1.16 bits per heavy atom. The number of nitrogens with one attached hydrogen (secondary N) is 4. The molecule has 2 aliphatic rings. The van der Waals surface area contributed by atoms with Crippen molar-refractivity contribution in [3.8, 4) is 0 Å². The summed E-state index contributed by atoms with van der Waals surface area (Å²) in [5.74, 6) is -2.26. The van der Waals surface area contributed by atoms with Gasteiger partial charge in [-0.1, -0.05) is 18.2 Å². The van der Waals surface area contributed by atoms with Crippen molar-refractivity contribution in [2.45, 2.75) is 42.8 Å². The first-order chi connectivity index (χ1) is 18.2. The third kappa shape index (κ3) is 7.19. The number of halogens is 1. The van der Waals surface area contributed by atoms with E-state index in [2.05, 4.69) is 25.7 Å². The molecule has 5 N–H and O–H groups in total. The summed E-state index contributed by atoms with van der Waals surface area (Å²) in [5, 5.41) is 18.2. The molecule has 0 aromatic heterocycles. The Hall–Kier alpha value is -3.71. The molecule has 13 heteroatoms. The Bertz CT molecular complexity index is 1280. The number of hydrogen-bond acceptors (Lipinski definition) is 8. The van der Waals surface area contributed by atoms with Crippen molar-refractivity contribution < 1.29 is 27.5 Å². The zero-order chi connectivity index (χ0) is 27.1. The quantitative estimate of drug-likeness (QED) is 0.295. The number of benzene rings is 2. The molecular formula is C25H31FN6O5S. The normalized spacial score (nSPS) is 17.2. The van der Waals surface area contributed by atoms with Gasteiger partial charge in [-0.3, -0.25) is 14.6 Å². The highest BCUT2D eigenvalue weighted by Crippen LogP contribution is 2.23. The minimum absolute atomic E-state index is 0.0953. The minimum Gasteiger partial charge on any atom is -0.481 e. The fourth-order valence-corrected chi connectivity index (χ4v) is 5.54. The van der Waals surface area contributed by atoms with Crippen LogP contribution >= 0.6 is 0 Å². The molecule has 1 fully saturated rings. The van der Waals surface area contributed by atoms with Crippen LogP contribution in [-0.2, 0) is 14.8 Å². The molecule has 2 aromatic rings. The Morgan fingerprint density at radius 3 is 2.55 bits per heavy atom. The summed E-state index contributed by atoms with van der Waals surface area (Å²) in [4.78, 5) is 30.7. The van der Waals surface area contributed by atoms with E-state index >= 15 is 0 Å². The van der Waals surface area contributed by atoms with Crippen LogP contribution in [0.15, 0.2) is 58.4 Å². The molecule has 1 atom stereocenters. The van der Waals surface area contributed by atoms with E-state index in [0.717, 1.165) is 38.3 Å². The molecule has 0 spiro atoms. The highest BCUT2D eigenvalue weighted by molar-refractivity contribution is 7.89. The van der Waals surface area contributed by atoms with Gasteiger partial charge in [0.2, 0.25) is 10.0 Å². The number of carboxylic acids is 1. The number of nitrogens with zero attached hydrogens (tertiary/aromatic N) is 2. The molecule has 2 aliphatic heterocycles. The van der Waals surface area contributed by atoms with Gasteiger partial charge in [0.15, 0.2) is 5.96 Å². The molecule has 0 bridgehead atoms. The van der Waals surface area contributed by atoms with E-state index < -0.39 is 40.3 Å². The van der Waals surface area contributed by atoms with Crippen molar-refractivity contribution in [3.63, 3.8) is 0 Å². The average Bonchev–Trinajstić information content (AvgIpc) is 2.90. The summed E-state index contributed by atoms with van der Waals surface area (Å²) < 4.78 is 42.2. The van der Waals surface area contributed by atoms with Crippen LogP contribution in [0, 0.1) is 5.82 Å². The third-order valence-corrected chi connectivity index (χ3v) is 7.82. The maximum absolute atomic E-state index is 14.7. The van der Waals surface area contributed by atoms with Crippen LogP contribution in [-0.4, -0.2) is 69.7 Å². The van der Waals surface area contributed by atoms with E-state index in [0.29, 0.717) is 18.8 Å². The van der Waals surface area contributed by atoms with E-state index in [9.17, 15) is 27.5 Å². The van der Waals surface area contributed by atoms with Crippen molar-refractivity contribution in [2.24, 2.45) is 4.99 Å². The summed E-state index contributed by atoms with van der Waals surface area (Å²) >= 11 is 0. The zero-order valence-corrected chi connectivity index (χ0v) is 21.5. The molecule has 11 nitrogen and oxygen atoms in total. The summed E-state index contributed by atoms with van der Waals surface area (Å²) in [6.07, 6.45) is 0.426. The molecule has 4 rings (SSSR count). The van der Waals surface area contributed by atoms with Gasteiger partial charge in [0.05, 0.1) is 16.9 Å². The molecule has 0 saturated carbocycles. The van der Waals surface area contributed by atoms with Gasteiger partial charge in [-0.25, -0.2) is 12.8 Å². The molecule has 2 aromatic carbocycles. The molecular weight excluding hydrogens is 515 g/mol. The SMILES string of the molecule is O=C(O)CC(NC(=O)c1cc(N2CCC(NC3=NCCCN3)CC2)ccc1F)NS(=O)(=O)c1ccccc1. The van der Waals surface area contributed by atoms with E-state index in [4.69, 9.17) is 0 Å². The van der Waals surface area contributed by atoms with Gasteiger partial charge < -0.3 is 26.0 Å². The maximum atomic E-state index is 14.7. The van der Waals surface area contributed by atoms with Crippen molar-refractivity contribution in [1.82, 2.24) is 20.7 Å². The molecule has 2 heterocycles. The number of piperidine rings is 1. The van der Waals surface area contributed by atoms with Gasteiger partial charge in [-0.05, 0) is 49.6 Å². The molecule has 38 heavy (non-hydrogen) atoms. The number of aliphatic carboxylic acids is 1. The highest BCUT2D eigenvalue weighted by Gasteiger charge is 2.26. The number of aliphatic imine (C=N–C) groups is 1. The summed E-state index contributed by atoms with van der Waals surface area (Å²) in [7, 11) is -4.13. The fraction of sp³-hybridized carbons (Fsp3) is 0.400. The molecule has 0 aliphatic carbocycles. The van der Waals surface area contributed by atoms with Crippen molar-refractivity contribution >= 4 is 33.5 Å². The third-order valence-electron chi connectivity index (χ3n) is 6.33. The number of carboxylic acid groups (broad SMARTS) is 1. The number of carbonyl (C=O) groups is 2. The average molecular weight is 547 g/mol. The first-order valence-corrected chi connectivity index (χ1v) is 13.9. The molecule has 1 amide bonds.